The van der Waals surface area contributed by atoms with E-state index in [-0.39, 0.29) is 6.79 Å². The van der Waals surface area contributed by atoms with Crippen LogP contribution in [0.3, 0.4) is 0 Å². The second-order valence-electron chi connectivity index (χ2n) is 5.32. The Hall–Kier alpha value is -2.35. The summed E-state index contributed by atoms with van der Waals surface area (Å²) in [5.74, 6) is 2.03. The third kappa shape index (κ3) is 2.43. The zero-order valence-electron chi connectivity index (χ0n) is 12.4. The average molecular weight is 391 g/mol. The van der Waals surface area contributed by atoms with E-state index in [1.165, 1.54) is 11.3 Å². The van der Waals surface area contributed by atoms with Crippen LogP contribution in [0.25, 0.3) is 26.9 Å². The van der Waals surface area contributed by atoms with Crippen LogP contribution in [0.15, 0.2) is 36.4 Å². The van der Waals surface area contributed by atoms with Crippen molar-refractivity contribution >= 4 is 39.5 Å². The summed E-state index contributed by atoms with van der Waals surface area (Å²) >= 11 is 13.7. The van der Waals surface area contributed by atoms with E-state index >= 15 is 0 Å². The van der Waals surface area contributed by atoms with Crippen LogP contribution >= 0.6 is 34.5 Å². The maximum absolute atomic E-state index is 6.29. The van der Waals surface area contributed by atoms with Crippen molar-refractivity contribution in [2.24, 2.45) is 0 Å². The van der Waals surface area contributed by atoms with E-state index in [0.717, 1.165) is 21.9 Å². The lowest BCUT2D eigenvalue weighted by atomic mass is 10.2. The number of halogens is 2. The van der Waals surface area contributed by atoms with Gasteiger partial charge in [-0.3, -0.25) is 0 Å². The first-order valence-electron chi connectivity index (χ1n) is 7.27. The summed E-state index contributed by atoms with van der Waals surface area (Å²) in [6.07, 6.45) is 0. The van der Waals surface area contributed by atoms with Crippen molar-refractivity contribution < 1.29 is 9.47 Å². The summed E-state index contributed by atoms with van der Waals surface area (Å²) in [6, 6.07) is 10.9. The van der Waals surface area contributed by atoms with Gasteiger partial charge in [-0.25, -0.2) is 0 Å². The largest absolute Gasteiger partial charge is 0.454 e. The van der Waals surface area contributed by atoms with Crippen molar-refractivity contribution in [1.82, 2.24) is 19.8 Å². The van der Waals surface area contributed by atoms with Crippen LogP contribution in [0.1, 0.15) is 0 Å². The smallest absolute Gasteiger partial charge is 0.235 e. The Morgan fingerprint density at radius 3 is 2.76 bits per heavy atom. The molecule has 0 aliphatic carbocycles. The molecule has 2 aromatic carbocycles. The molecule has 0 radical (unpaired) electrons. The SMILES string of the molecule is Clc1ccc(-c2nn3c(-c4ccc5c(c4)OCO5)nnc3s2)c(Cl)c1. The number of aromatic nitrogens is 4. The van der Waals surface area contributed by atoms with Gasteiger partial charge in [0.1, 0.15) is 5.01 Å². The van der Waals surface area contributed by atoms with Crippen molar-refractivity contribution in [3.8, 4) is 33.5 Å². The Balaban J connectivity index is 1.63. The molecule has 0 fully saturated rings. The Labute approximate surface area is 155 Å². The Morgan fingerprint density at radius 1 is 1.00 bits per heavy atom. The van der Waals surface area contributed by atoms with Crippen LogP contribution in [0.5, 0.6) is 11.5 Å². The first-order valence-corrected chi connectivity index (χ1v) is 8.84. The highest BCUT2D eigenvalue weighted by atomic mass is 35.5. The molecule has 0 N–H and O–H groups in total. The molecule has 1 aliphatic heterocycles. The van der Waals surface area contributed by atoms with Gasteiger partial charge in [-0.1, -0.05) is 34.5 Å². The van der Waals surface area contributed by atoms with Gasteiger partial charge in [-0.2, -0.15) is 9.61 Å². The maximum Gasteiger partial charge on any atom is 0.235 e. The number of nitrogens with zero attached hydrogens (tertiary/aromatic N) is 4. The van der Waals surface area contributed by atoms with Crippen LogP contribution in [0, 0.1) is 0 Å². The van der Waals surface area contributed by atoms with E-state index in [1.807, 2.05) is 24.3 Å². The van der Waals surface area contributed by atoms with Gasteiger partial charge in [0.2, 0.25) is 11.8 Å². The Bertz CT molecular complexity index is 1120. The second kappa shape index (κ2) is 5.59. The van der Waals surface area contributed by atoms with Crippen LogP contribution in [0.2, 0.25) is 10.0 Å². The molecule has 1 aliphatic rings. The normalized spacial score (nSPS) is 12.9. The van der Waals surface area contributed by atoms with Gasteiger partial charge in [0, 0.05) is 16.1 Å². The molecule has 0 unspecified atom stereocenters. The summed E-state index contributed by atoms with van der Waals surface area (Å²) < 4.78 is 12.5. The zero-order valence-corrected chi connectivity index (χ0v) is 14.8. The summed E-state index contributed by atoms with van der Waals surface area (Å²) in [4.78, 5) is 0.675. The molecule has 6 nitrogen and oxygen atoms in total. The standard InChI is InChI=1S/C16H8Cl2N4O2S/c17-9-2-3-10(11(18)6-9)15-21-22-14(19-20-16(22)25-15)8-1-4-12-13(5-8)24-7-23-12/h1-6H,7H2. The summed E-state index contributed by atoms with van der Waals surface area (Å²) in [5, 5.41) is 14.9. The molecule has 3 heterocycles. The van der Waals surface area contributed by atoms with Crippen LogP contribution in [-0.4, -0.2) is 26.6 Å². The number of hydrogen-bond acceptors (Lipinski definition) is 6. The van der Waals surface area contributed by atoms with Gasteiger partial charge in [0.05, 0.1) is 5.02 Å². The number of benzene rings is 2. The van der Waals surface area contributed by atoms with Crippen molar-refractivity contribution in [3.63, 3.8) is 0 Å². The number of rotatable bonds is 2. The molecule has 25 heavy (non-hydrogen) atoms. The average Bonchev–Trinajstić information content (AvgIpc) is 3.28. The van der Waals surface area contributed by atoms with Crippen molar-refractivity contribution in [3.05, 3.63) is 46.4 Å². The van der Waals surface area contributed by atoms with E-state index in [1.54, 1.807) is 16.6 Å². The van der Waals surface area contributed by atoms with Gasteiger partial charge in [0.15, 0.2) is 17.3 Å². The number of fused-ring (bicyclic) bond motifs is 2. The molecule has 9 heteroatoms. The van der Waals surface area contributed by atoms with Gasteiger partial charge in [0.25, 0.3) is 0 Å². The highest BCUT2D eigenvalue weighted by molar-refractivity contribution is 7.19. The van der Waals surface area contributed by atoms with E-state index in [2.05, 4.69) is 15.3 Å². The fourth-order valence-corrected chi connectivity index (χ4v) is 4.04. The van der Waals surface area contributed by atoms with Gasteiger partial charge in [-0.05, 0) is 36.4 Å². The predicted molar refractivity (Wildman–Crippen MR) is 95.7 cm³/mol. The lowest BCUT2D eigenvalue weighted by Crippen LogP contribution is -1.93. The fourth-order valence-electron chi connectivity index (χ4n) is 2.60. The third-order valence-electron chi connectivity index (χ3n) is 3.78. The van der Waals surface area contributed by atoms with Crippen LogP contribution in [-0.2, 0) is 0 Å². The minimum atomic E-state index is 0.226. The Morgan fingerprint density at radius 2 is 1.88 bits per heavy atom. The molecule has 0 saturated carbocycles. The maximum atomic E-state index is 6.29. The molecule has 0 spiro atoms. The van der Waals surface area contributed by atoms with Gasteiger partial charge >= 0.3 is 0 Å². The summed E-state index contributed by atoms with van der Waals surface area (Å²) in [5.41, 5.74) is 1.65. The lowest BCUT2D eigenvalue weighted by Gasteiger charge is -2.01. The molecular weight excluding hydrogens is 383 g/mol. The molecule has 0 amide bonds. The van der Waals surface area contributed by atoms with Crippen molar-refractivity contribution in [2.75, 3.05) is 6.79 Å². The van der Waals surface area contributed by atoms with Crippen molar-refractivity contribution in [2.45, 2.75) is 0 Å². The molecule has 5 rings (SSSR count). The van der Waals surface area contributed by atoms with E-state index in [4.69, 9.17) is 32.7 Å². The highest BCUT2D eigenvalue weighted by Gasteiger charge is 2.19. The predicted octanol–water partition coefficient (Wildman–Crippen LogP) is 4.56. The topological polar surface area (TPSA) is 61.5 Å². The quantitative estimate of drug-likeness (QED) is 0.502. The third-order valence-corrected chi connectivity index (χ3v) is 5.26. The van der Waals surface area contributed by atoms with E-state index < -0.39 is 0 Å². The monoisotopic (exact) mass is 390 g/mol. The Kier molecular flexibility index (Phi) is 3.34. The first kappa shape index (κ1) is 14.9. The minimum Gasteiger partial charge on any atom is -0.454 e. The molecule has 0 saturated heterocycles. The summed E-state index contributed by atoms with van der Waals surface area (Å²) in [7, 11) is 0. The molecule has 0 bridgehead atoms. The molecule has 4 aromatic rings. The second-order valence-corrected chi connectivity index (χ2v) is 7.12. The first-order chi connectivity index (χ1) is 12.2. The minimum absolute atomic E-state index is 0.226. The van der Waals surface area contributed by atoms with Gasteiger partial charge in [-0.15, -0.1) is 10.2 Å². The van der Waals surface area contributed by atoms with Crippen molar-refractivity contribution in [1.29, 1.82) is 0 Å². The number of hydrogen-bond donors (Lipinski definition) is 0. The highest BCUT2D eigenvalue weighted by Crippen LogP contribution is 2.37. The van der Waals surface area contributed by atoms with E-state index in [0.29, 0.717) is 26.6 Å². The fraction of sp³-hybridized carbons (Fsp3) is 0.0625. The molecule has 0 atom stereocenters. The zero-order chi connectivity index (χ0) is 17.0. The number of ether oxygens (including phenoxy) is 2. The van der Waals surface area contributed by atoms with Crippen LogP contribution < -0.4 is 9.47 Å². The molecule has 2 aromatic heterocycles. The van der Waals surface area contributed by atoms with E-state index in [9.17, 15) is 0 Å². The lowest BCUT2D eigenvalue weighted by molar-refractivity contribution is 0.174. The molecular formula is C16H8Cl2N4O2S. The summed E-state index contributed by atoms with van der Waals surface area (Å²) in [6.45, 7) is 0.226. The van der Waals surface area contributed by atoms with Gasteiger partial charge < -0.3 is 9.47 Å². The molecule has 124 valence electrons. The van der Waals surface area contributed by atoms with Crippen LogP contribution in [0.4, 0.5) is 0 Å².